The number of benzene rings is 3. The van der Waals surface area contributed by atoms with Crippen LogP contribution in [0.4, 0.5) is 8.78 Å². The van der Waals surface area contributed by atoms with E-state index in [2.05, 4.69) is 17.0 Å². The average molecular weight is 531 g/mol. The molecule has 5 rings (SSSR count). The molecule has 0 aliphatic carbocycles. The van der Waals surface area contributed by atoms with Gasteiger partial charge in [0, 0.05) is 37.7 Å². The van der Waals surface area contributed by atoms with E-state index in [-0.39, 0.29) is 12.6 Å². The second-order valence-electron chi connectivity index (χ2n) is 10.0. The van der Waals surface area contributed by atoms with Crippen LogP contribution in [0.2, 0.25) is 0 Å². The first-order valence-corrected chi connectivity index (χ1v) is 13.1. The SMILES string of the molecule is COc1ccccc1-n1nc(CN(C(=O)c2c(F)cccc2F)C(C)C)c2c1CCN(Cc1ccccc1)C2. The molecule has 1 amide bonds. The molecule has 0 fully saturated rings. The quantitative estimate of drug-likeness (QED) is 0.290. The third-order valence-electron chi connectivity index (χ3n) is 7.16. The van der Waals surface area contributed by atoms with E-state index in [1.54, 1.807) is 7.11 Å². The minimum absolute atomic E-state index is 0.119. The van der Waals surface area contributed by atoms with Gasteiger partial charge in [0.25, 0.3) is 5.91 Å². The molecule has 1 aliphatic rings. The Morgan fingerprint density at radius 2 is 1.69 bits per heavy atom. The number of hydrogen-bond acceptors (Lipinski definition) is 4. The van der Waals surface area contributed by atoms with Crippen LogP contribution < -0.4 is 4.74 Å². The molecule has 202 valence electrons. The highest BCUT2D eigenvalue weighted by Crippen LogP contribution is 2.31. The van der Waals surface area contributed by atoms with Crippen molar-refractivity contribution in [3.8, 4) is 11.4 Å². The van der Waals surface area contributed by atoms with Crippen LogP contribution in [0.25, 0.3) is 5.69 Å². The molecule has 39 heavy (non-hydrogen) atoms. The number of para-hydroxylation sites is 2. The Labute approximate surface area is 227 Å². The van der Waals surface area contributed by atoms with Crippen LogP contribution in [0, 0.1) is 11.6 Å². The van der Waals surface area contributed by atoms with Gasteiger partial charge in [0.15, 0.2) is 0 Å². The third kappa shape index (κ3) is 5.43. The molecule has 8 heteroatoms. The van der Waals surface area contributed by atoms with E-state index in [1.165, 1.54) is 16.5 Å². The van der Waals surface area contributed by atoms with Gasteiger partial charge in [0.05, 0.1) is 25.0 Å². The summed E-state index contributed by atoms with van der Waals surface area (Å²) < 4.78 is 36.7. The van der Waals surface area contributed by atoms with Crippen molar-refractivity contribution >= 4 is 5.91 Å². The largest absolute Gasteiger partial charge is 0.494 e. The van der Waals surface area contributed by atoms with Crippen LogP contribution in [0.1, 0.15) is 46.7 Å². The predicted molar refractivity (Wildman–Crippen MR) is 146 cm³/mol. The van der Waals surface area contributed by atoms with Gasteiger partial charge in [-0.2, -0.15) is 5.10 Å². The molecule has 6 nitrogen and oxygen atoms in total. The number of amides is 1. The number of halogens is 2. The van der Waals surface area contributed by atoms with Gasteiger partial charge in [-0.05, 0) is 43.7 Å². The summed E-state index contributed by atoms with van der Waals surface area (Å²) in [5.41, 5.74) is 4.25. The Hall–Kier alpha value is -4.04. The Balaban J connectivity index is 1.55. The van der Waals surface area contributed by atoms with Crippen LogP contribution >= 0.6 is 0 Å². The molecule has 1 aromatic heterocycles. The maximum Gasteiger partial charge on any atom is 0.260 e. The number of carbonyl (C=O) groups excluding carboxylic acids is 1. The highest BCUT2D eigenvalue weighted by Gasteiger charge is 2.31. The number of carbonyl (C=O) groups is 1. The maximum absolute atomic E-state index is 14.6. The number of hydrogen-bond donors (Lipinski definition) is 0. The monoisotopic (exact) mass is 530 g/mol. The fourth-order valence-electron chi connectivity index (χ4n) is 5.15. The second-order valence-corrected chi connectivity index (χ2v) is 10.0. The molecular formula is C31H32F2N4O2. The molecule has 3 aromatic carbocycles. The molecule has 0 spiro atoms. The van der Waals surface area contributed by atoms with Crippen molar-refractivity contribution in [1.29, 1.82) is 0 Å². The van der Waals surface area contributed by atoms with Gasteiger partial charge in [0.2, 0.25) is 0 Å². The van der Waals surface area contributed by atoms with Crippen LogP contribution in [-0.2, 0) is 26.1 Å². The predicted octanol–water partition coefficient (Wildman–Crippen LogP) is 5.77. The van der Waals surface area contributed by atoms with E-state index in [0.29, 0.717) is 18.0 Å². The molecule has 0 bridgehead atoms. The Morgan fingerprint density at radius 3 is 2.38 bits per heavy atom. The van der Waals surface area contributed by atoms with E-state index in [4.69, 9.17) is 9.84 Å². The summed E-state index contributed by atoms with van der Waals surface area (Å²) >= 11 is 0. The molecule has 2 heterocycles. The summed E-state index contributed by atoms with van der Waals surface area (Å²) in [5.74, 6) is -1.76. The highest BCUT2D eigenvalue weighted by molar-refractivity contribution is 5.95. The molecule has 4 aromatic rings. The molecule has 0 saturated heterocycles. The van der Waals surface area contributed by atoms with Gasteiger partial charge in [-0.25, -0.2) is 13.5 Å². The van der Waals surface area contributed by atoms with Gasteiger partial charge < -0.3 is 9.64 Å². The van der Waals surface area contributed by atoms with Crippen LogP contribution in [-0.4, -0.2) is 45.2 Å². The van der Waals surface area contributed by atoms with Crippen LogP contribution in [0.15, 0.2) is 72.8 Å². The lowest BCUT2D eigenvalue weighted by molar-refractivity contribution is 0.0676. The summed E-state index contributed by atoms with van der Waals surface area (Å²) in [5, 5.41) is 4.98. The normalized spacial score (nSPS) is 13.4. The summed E-state index contributed by atoms with van der Waals surface area (Å²) in [6.45, 7) is 6.06. The van der Waals surface area contributed by atoms with Gasteiger partial charge in [-0.1, -0.05) is 48.5 Å². The van der Waals surface area contributed by atoms with Crippen molar-refractivity contribution in [2.75, 3.05) is 13.7 Å². The molecular weight excluding hydrogens is 498 g/mol. The zero-order chi connectivity index (χ0) is 27.5. The number of methoxy groups -OCH3 is 1. The van der Waals surface area contributed by atoms with Crippen molar-refractivity contribution in [3.63, 3.8) is 0 Å². The van der Waals surface area contributed by atoms with E-state index < -0.39 is 23.1 Å². The fraction of sp³-hybridized carbons (Fsp3) is 0.290. The van der Waals surface area contributed by atoms with E-state index >= 15 is 0 Å². The van der Waals surface area contributed by atoms with Crippen LogP contribution in [0.5, 0.6) is 5.75 Å². The molecule has 0 unspecified atom stereocenters. The third-order valence-corrected chi connectivity index (χ3v) is 7.16. The van der Waals surface area contributed by atoms with E-state index in [1.807, 2.05) is 61.0 Å². The zero-order valence-electron chi connectivity index (χ0n) is 22.4. The Bertz CT molecular complexity index is 1450. The first kappa shape index (κ1) is 26.6. The van der Waals surface area contributed by atoms with E-state index in [9.17, 15) is 13.6 Å². The Morgan fingerprint density at radius 1 is 1.00 bits per heavy atom. The number of ether oxygens (including phenoxy) is 1. The first-order chi connectivity index (χ1) is 18.9. The minimum atomic E-state index is -0.874. The summed E-state index contributed by atoms with van der Waals surface area (Å²) in [6, 6.07) is 21.1. The molecule has 0 atom stereocenters. The summed E-state index contributed by atoms with van der Waals surface area (Å²) in [4.78, 5) is 17.3. The first-order valence-electron chi connectivity index (χ1n) is 13.1. The van der Waals surface area contributed by atoms with Gasteiger partial charge >= 0.3 is 0 Å². The molecule has 0 saturated carbocycles. The number of aromatic nitrogens is 2. The lowest BCUT2D eigenvalue weighted by Gasteiger charge is -2.30. The van der Waals surface area contributed by atoms with Gasteiger partial charge in [-0.15, -0.1) is 0 Å². The van der Waals surface area contributed by atoms with Crippen molar-refractivity contribution in [2.24, 2.45) is 0 Å². The van der Waals surface area contributed by atoms with Crippen molar-refractivity contribution < 1.29 is 18.3 Å². The second kappa shape index (κ2) is 11.4. The molecule has 1 aliphatic heterocycles. The number of fused-ring (bicyclic) bond motifs is 1. The zero-order valence-corrected chi connectivity index (χ0v) is 22.4. The Kier molecular flexibility index (Phi) is 7.74. The lowest BCUT2D eigenvalue weighted by atomic mass is 10.0. The topological polar surface area (TPSA) is 50.6 Å². The highest BCUT2D eigenvalue weighted by atomic mass is 19.1. The van der Waals surface area contributed by atoms with Gasteiger partial charge in [0.1, 0.15) is 28.6 Å². The number of nitrogens with zero attached hydrogens (tertiary/aromatic N) is 4. The number of rotatable bonds is 8. The van der Waals surface area contributed by atoms with Crippen molar-refractivity contribution in [1.82, 2.24) is 19.6 Å². The van der Waals surface area contributed by atoms with Crippen molar-refractivity contribution in [2.45, 2.75) is 45.9 Å². The standard InChI is InChI=1S/C31H32F2N4O2/c1-21(2)36(31(38)30-24(32)12-9-13-25(30)33)20-26-23-19-35(18-22-10-5-4-6-11-22)17-16-27(23)37(34-26)28-14-7-8-15-29(28)39-3/h4-15,21H,16-20H2,1-3H3. The maximum atomic E-state index is 14.6. The van der Waals surface area contributed by atoms with E-state index in [0.717, 1.165) is 48.6 Å². The fourth-order valence-corrected chi connectivity index (χ4v) is 5.15. The van der Waals surface area contributed by atoms with Crippen LogP contribution in [0.3, 0.4) is 0 Å². The summed E-state index contributed by atoms with van der Waals surface area (Å²) in [6.07, 6.45) is 0.755. The average Bonchev–Trinajstić information content (AvgIpc) is 3.29. The van der Waals surface area contributed by atoms with Gasteiger partial charge in [-0.3, -0.25) is 9.69 Å². The summed E-state index contributed by atoms with van der Waals surface area (Å²) in [7, 11) is 1.62. The smallest absolute Gasteiger partial charge is 0.260 e. The molecule has 0 N–H and O–H groups in total. The lowest BCUT2D eigenvalue weighted by Crippen LogP contribution is -2.38. The minimum Gasteiger partial charge on any atom is -0.494 e. The molecule has 0 radical (unpaired) electrons. The van der Waals surface area contributed by atoms with Crippen molar-refractivity contribution in [3.05, 3.63) is 113 Å².